The van der Waals surface area contributed by atoms with Gasteiger partial charge in [0.25, 0.3) is 0 Å². The van der Waals surface area contributed by atoms with Crippen LogP contribution in [-0.4, -0.2) is 0 Å². The second kappa shape index (κ2) is 11.5. The summed E-state index contributed by atoms with van der Waals surface area (Å²) in [7, 11) is 0. The molecule has 0 atom stereocenters. The number of halogens is 12. The molecule has 1 saturated carbocycles. The fraction of sp³-hybridized carbons (Fsp3) is 0. The standard InChI is InChI=1S/C29HF12N5/c30-12-1-13(31)25(37)17(24(12)36)7(2-42)14-15(8(3-43)18-26(38)20(32)10(5-45)21(33)27(18)39)16(14)9(4-44)19-28(40)22(34)11(6-46)23(35)29(19)41/h1H. The van der Waals surface area contributed by atoms with Crippen LogP contribution in [0.2, 0.25) is 0 Å². The van der Waals surface area contributed by atoms with Gasteiger partial charge in [-0.3, -0.25) is 0 Å². The van der Waals surface area contributed by atoms with E-state index in [-0.39, 0.29) is 6.07 Å². The Labute approximate surface area is 246 Å². The third kappa shape index (κ3) is 4.49. The molecule has 3 aromatic carbocycles. The molecule has 0 amide bonds. The van der Waals surface area contributed by atoms with Gasteiger partial charge in [-0.25, -0.2) is 52.7 Å². The number of nitrogens with zero attached hydrogens (tertiary/aromatic N) is 5. The average Bonchev–Trinajstić information content (AvgIpc) is 3.74. The number of hydrogen-bond donors (Lipinski definition) is 0. The molecule has 1 aliphatic rings. The van der Waals surface area contributed by atoms with E-state index in [0.29, 0.717) is 0 Å². The Morgan fingerprint density at radius 2 is 0.609 bits per heavy atom. The Balaban J connectivity index is 2.36. The molecular formula is C29HF12N5. The molecule has 1 fully saturated rings. The Morgan fingerprint density at radius 3 is 0.826 bits per heavy atom. The number of allylic oxidation sites excluding steroid dienone is 6. The lowest BCUT2D eigenvalue weighted by Crippen LogP contribution is -2.06. The van der Waals surface area contributed by atoms with Gasteiger partial charge in [-0.15, -0.1) is 0 Å². The zero-order valence-corrected chi connectivity index (χ0v) is 21.3. The van der Waals surface area contributed by atoms with E-state index in [1.807, 2.05) is 0 Å². The van der Waals surface area contributed by atoms with Crippen molar-refractivity contribution < 1.29 is 52.7 Å². The van der Waals surface area contributed by atoms with Crippen LogP contribution in [0.15, 0.2) is 22.8 Å². The van der Waals surface area contributed by atoms with Crippen molar-refractivity contribution in [2.24, 2.45) is 0 Å². The number of nitriles is 5. The lowest BCUT2D eigenvalue weighted by atomic mass is 9.99. The number of rotatable bonds is 3. The average molecular weight is 647 g/mol. The van der Waals surface area contributed by atoms with E-state index in [4.69, 9.17) is 10.5 Å². The molecule has 0 spiro atoms. The van der Waals surface area contributed by atoms with Crippen LogP contribution in [0.3, 0.4) is 0 Å². The molecule has 1 aliphatic carbocycles. The first kappa shape index (κ1) is 32.4. The van der Waals surface area contributed by atoms with Crippen LogP contribution in [-0.2, 0) is 0 Å². The van der Waals surface area contributed by atoms with Crippen LogP contribution in [0.5, 0.6) is 0 Å². The number of hydrogen-bond acceptors (Lipinski definition) is 5. The zero-order valence-electron chi connectivity index (χ0n) is 21.3. The van der Waals surface area contributed by atoms with Crippen LogP contribution in [0.1, 0.15) is 27.8 Å². The first-order chi connectivity index (χ1) is 21.7. The van der Waals surface area contributed by atoms with Crippen molar-refractivity contribution >= 4 is 16.7 Å². The maximum Gasteiger partial charge on any atom is 0.180 e. The second-order valence-corrected chi connectivity index (χ2v) is 8.66. The van der Waals surface area contributed by atoms with Crippen molar-refractivity contribution in [2.45, 2.75) is 0 Å². The molecule has 0 aliphatic heterocycles. The summed E-state index contributed by atoms with van der Waals surface area (Å²) in [4.78, 5) is 0. The van der Waals surface area contributed by atoms with Gasteiger partial charge in [0.1, 0.15) is 41.5 Å². The van der Waals surface area contributed by atoms with Crippen molar-refractivity contribution in [3.8, 4) is 30.3 Å². The molecule has 17 heteroatoms. The van der Waals surface area contributed by atoms with Crippen molar-refractivity contribution in [1.82, 2.24) is 0 Å². The SMILES string of the molecule is N#CC(=C1C(=C(C#N)c2c(F)c(F)c(C#N)c(F)c2F)C1=C(C#N)c1c(F)c(F)c(C#N)c(F)c1F)c1c(F)c(F)cc(F)c1F. The van der Waals surface area contributed by atoms with E-state index >= 15 is 0 Å². The minimum Gasteiger partial charge on any atom is -0.204 e. The third-order valence-corrected chi connectivity index (χ3v) is 6.39. The molecule has 0 aromatic heterocycles. The van der Waals surface area contributed by atoms with Gasteiger partial charge >= 0.3 is 0 Å². The van der Waals surface area contributed by atoms with Crippen LogP contribution in [0.25, 0.3) is 16.7 Å². The molecule has 46 heavy (non-hydrogen) atoms. The van der Waals surface area contributed by atoms with Crippen LogP contribution < -0.4 is 0 Å². The highest BCUT2D eigenvalue weighted by Crippen LogP contribution is 2.57. The summed E-state index contributed by atoms with van der Waals surface area (Å²) in [5.41, 5.74) is -18.9. The lowest BCUT2D eigenvalue weighted by Gasteiger charge is -2.08. The van der Waals surface area contributed by atoms with Crippen molar-refractivity contribution in [3.63, 3.8) is 0 Å². The van der Waals surface area contributed by atoms with Gasteiger partial charge in [-0.05, 0) is 0 Å². The van der Waals surface area contributed by atoms with Crippen LogP contribution in [0.4, 0.5) is 52.7 Å². The molecule has 4 rings (SSSR count). The lowest BCUT2D eigenvalue weighted by molar-refractivity contribution is 0.446. The normalized spacial score (nSPS) is 14.0. The van der Waals surface area contributed by atoms with Crippen LogP contribution in [0, 0.1) is 126 Å². The molecule has 0 heterocycles. The molecule has 0 saturated heterocycles. The van der Waals surface area contributed by atoms with E-state index in [1.54, 1.807) is 0 Å². The van der Waals surface area contributed by atoms with Crippen molar-refractivity contribution in [2.75, 3.05) is 0 Å². The second-order valence-electron chi connectivity index (χ2n) is 8.66. The highest BCUT2D eigenvalue weighted by molar-refractivity contribution is 6.12. The predicted molar refractivity (Wildman–Crippen MR) is 126 cm³/mol. The maximum absolute atomic E-state index is 15.0. The van der Waals surface area contributed by atoms with E-state index in [1.165, 1.54) is 0 Å². The van der Waals surface area contributed by atoms with Crippen molar-refractivity contribution in [1.29, 1.82) is 26.3 Å². The van der Waals surface area contributed by atoms with Gasteiger partial charge < -0.3 is 0 Å². The van der Waals surface area contributed by atoms with Gasteiger partial charge in [0, 0.05) is 22.8 Å². The zero-order chi connectivity index (χ0) is 34.5. The first-order valence-corrected chi connectivity index (χ1v) is 11.5. The number of benzene rings is 3. The van der Waals surface area contributed by atoms with E-state index in [9.17, 15) is 68.5 Å². The summed E-state index contributed by atoms with van der Waals surface area (Å²) in [6, 6.07) is 4.18. The largest absolute Gasteiger partial charge is 0.204 e. The predicted octanol–water partition coefficient (Wildman–Crippen LogP) is 7.34. The summed E-state index contributed by atoms with van der Waals surface area (Å²) in [6.45, 7) is 0. The molecule has 0 N–H and O–H groups in total. The fourth-order valence-electron chi connectivity index (χ4n) is 4.34. The summed E-state index contributed by atoms with van der Waals surface area (Å²) < 4.78 is 175. The molecule has 0 bridgehead atoms. The quantitative estimate of drug-likeness (QED) is 0.167. The van der Waals surface area contributed by atoms with Gasteiger partial charge in [0.15, 0.2) is 69.8 Å². The van der Waals surface area contributed by atoms with E-state index in [2.05, 4.69) is 0 Å². The molecule has 0 radical (unpaired) electrons. The first-order valence-electron chi connectivity index (χ1n) is 11.5. The van der Waals surface area contributed by atoms with Gasteiger partial charge in [-0.2, -0.15) is 26.3 Å². The van der Waals surface area contributed by atoms with Gasteiger partial charge in [-0.1, -0.05) is 0 Å². The topological polar surface area (TPSA) is 119 Å². The Kier molecular flexibility index (Phi) is 8.12. The van der Waals surface area contributed by atoms with Crippen LogP contribution >= 0.6 is 0 Å². The molecule has 226 valence electrons. The minimum absolute atomic E-state index is 0.338. The van der Waals surface area contributed by atoms with E-state index < -0.39 is 131 Å². The molecule has 5 nitrogen and oxygen atoms in total. The summed E-state index contributed by atoms with van der Waals surface area (Å²) in [5, 5.41) is 46.9. The highest BCUT2D eigenvalue weighted by Gasteiger charge is 2.46. The van der Waals surface area contributed by atoms with Gasteiger partial charge in [0.2, 0.25) is 0 Å². The summed E-state index contributed by atoms with van der Waals surface area (Å²) >= 11 is 0. The Morgan fingerprint density at radius 1 is 0.370 bits per heavy atom. The molecule has 0 unspecified atom stereocenters. The fourth-order valence-corrected chi connectivity index (χ4v) is 4.34. The summed E-state index contributed by atoms with van der Waals surface area (Å²) in [6.07, 6.45) is 0. The maximum atomic E-state index is 15.0. The van der Waals surface area contributed by atoms with E-state index in [0.717, 1.165) is 30.3 Å². The molecular weight excluding hydrogens is 646 g/mol. The Hall–Kier alpha value is -6.51. The smallest absolute Gasteiger partial charge is 0.180 e. The third-order valence-electron chi connectivity index (χ3n) is 6.39. The highest BCUT2D eigenvalue weighted by atomic mass is 19.2. The molecule has 3 aromatic rings. The van der Waals surface area contributed by atoms with Crippen molar-refractivity contribution in [3.05, 3.63) is 120 Å². The Bertz CT molecular complexity index is 2080. The summed E-state index contributed by atoms with van der Waals surface area (Å²) in [5.74, 6) is -28.7. The van der Waals surface area contributed by atoms with Gasteiger partial charge in [0.05, 0.1) is 33.4 Å². The monoisotopic (exact) mass is 647 g/mol. The minimum atomic E-state index is -2.50.